The summed E-state index contributed by atoms with van der Waals surface area (Å²) < 4.78 is 0. The van der Waals surface area contributed by atoms with Gasteiger partial charge in [0, 0.05) is 12.0 Å². The second-order valence-corrected chi connectivity index (χ2v) is 2.76. The van der Waals surface area contributed by atoms with E-state index in [0.717, 1.165) is 0 Å². The fourth-order valence-corrected chi connectivity index (χ4v) is 0.693. The zero-order valence-electron chi connectivity index (χ0n) is 6.01. The van der Waals surface area contributed by atoms with Crippen LogP contribution in [-0.2, 0) is 0 Å². The molecule has 1 nitrogen and oxygen atoms in total. The third-order valence-electron chi connectivity index (χ3n) is 0.636. The Morgan fingerprint density at radius 2 is 2.11 bits per heavy atom. The van der Waals surface area contributed by atoms with Crippen LogP contribution in [0, 0.1) is 0 Å². The first-order chi connectivity index (χ1) is 4.16. The number of rotatable bonds is 1. The molecule has 0 saturated heterocycles. The van der Waals surface area contributed by atoms with Crippen LogP contribution in [0.3, 0.4) is 0 Å². The number of thioether (sulfide) groups is 1. The highest BCUT2D eigenvalue weighted by Crippen LogP contribution is 2.06. The summed E-state index contributed by atoms with van der Waals surface area (Å²) in [6, 6.07) is 0. The second-order valence-electron chi connectivity index (χ2n) is 1.87. The van der Waals surface area contributed by atoms with Gasteiger partial charge in [-0.15, -0.1) is 0 Å². The van der Waals surface area contributed by atoms with Crippen LogP contribution in [-0.4, -0.2) is 19.8 Å². The van der Waals surface area contributed by atoms with E-state index in [9.17, 15) is 0 Å². The van der Waals surface area contributed by atoms with Gasteiger partial charge in [0.1, 0.15) is 0 Å². The number of hydrogen-bond donors (Lipinski definition) is 0. The Balaban J connectivity index is 3.64. The lowest BCUT2D eigenvalue weighted by Gasteiger charge is -1.91. The van der Waals surface area contributed by atoms with E-state index in [4.69, 9.17) is 7.85 Å². The highest BCUT2D eigenvalue weighted by atomic mass is 32.2. The van der Waals surface area contributed by atoms with Gasteiger partial charge in [-0.1, -0.05) is 17.3 Å². The minimum atomic E-state index is 0.608. The molecule has 0 bridgehead atoms. The molecule has 0 spiro atoms. The minimum absolute atomic E-state index is 0.608. The third-order valence-corrected chi connectivity index (χ3v) is 1.65. The summed E-state index contributed by atoms with van der Waals surface area (Å²) in [5.74, 6) is 0. The maximum Gasteiger partial charge on any atom is 0.151 e. The third kappa shape index (κ3) is 5.70. The summed E-state index contributed by atoms with van der Waals surface area (Å²) in [7, 11) is 7.07. The minimum Gasteiger partial charge on any atom is -0.298 e. The summed E-state index contributed by atoms with van der Waals surface area (Å²) in [6.45, 7) is 4.05. The van der Waals surface area contributed by atoms with Crippen molar-refractivity contribution in [1.29, 1.82) is 0 Å². The Kier molecular flexibility index (Phi) is 4.59. The zero-order valence-corrected chi connectivity index (χ0v) is 6.83. The normalized spacial score (nSPS) is 11.2. The topological polar surface area (TPSA) is 12.4 Å². The maximum atomic E-state index is 5.39. The van der Waals surface area contributed by atoms with Gasteiger partial charge in [-0.25, -0.2) is 0 Å². The molecular weight excluding hydrogens is 129 g/mol. The maximum absolute atomic E-state index is 5.39. The first-order valence-electron chi connectivity index (χ1n) is 2.69. The van der Waals surface area contributed by atoms with Gasteiger partial charge in [0.05, 0.1) is 0 Å². The Bertz CT molecular complexity index is 136. The quantitative estimate of drug-likeness (QED) is 0.306. The summed E-state index contributed by atoms with van der Waals surface area (Å²) >= 11 is 1.45. The van der Waals surface area contributed by atoms with Crippen molar-refractivity contribution in [2.75, 3.05) is 7.05 Å². The monoisotopic (exact) mass is 139 g/mol. The van der Waals surface area contributed by atoms with Gasteiger partial charge in [-0.2, -0.15) is 0 Å². The molecule has 0 saturated carbocycles. The van der Waals surface area contributed by atoms with Gasteiger partial charge in [0.25, 0.3) is 0 Å². The van der Waals surface area contributed by atoms with E-state index in [1.165, 1.54) is 17.3 Å². The molecule has 0 aromatic rings. The molecule has 0 atom stereocenters. The fraction of sp³-hybridized carbons (Fsp3) is 0.500. The molecule has 0 aliphatic heterocycles. The van der Waals surface area contributed by atoms with Crippen LogP contribution in [0.15, 0.2) is 16.0 Å². The summed E-state index contributed by atoms with van der Waals surface area (Å²) in [5, 5.41) is 1.97. The Hall–Kier alpha value is -0.175. The lowest BCUT2D eigenvalue weighted by Crippen LogP contribution is -1.85. The van der Waals surface area contributed by atoms with Gasteiger partial charge in [-0.05, 0) is 19.3 Å². The largest absolute Gasteiger partial charge is 0.298 e. The van der Waals surface area contributed by atoms with Gasteiger partial charge in [0.15, 0.2) is 7.85 Å². The predicted molar refractivity (Wildman–Crippen MR) is 46.1 cm³/mol. The highest BCUT2D eigenvalue weighted by Gasteiger charge is 1.83. The van der Waals surface area contributed by atoms with Crippen molar-refractivity contribution >= 4 is 24.6 Å². The molecule has 0 aromatic carbocycles. The standard InChI is InChI=1S/C6H10BNS/c1-5(2)4-9-6(7)8-3/h4H,1-3H3. The highest BCUT2D eigenvalue weighted by molar-refractivity contribution is 8.18. The molecule has 0 N–H and O–H groups in total. The molecule has 0 aliphatic rings. The molecule has 0 rings (SSSR count). The summed E-state index contributed by atoms with van der Waals surface area (Å²) in [6.07, 6.45) is 0. The van der Waals surface area contributed by atoms with Crippen LogP contribution in [0.2, 0.25) is 0 Å². The van der Waals surface area contributed by atoms with Crippen molar-refractivity contribution in [3.63, 3.8) is 0 Å². The van der Waals surface area contributed by atoms with Gasteiger partial charge in [0.2, 0.25) is 0 Å². The SMILES string of the molecule is [B]C(=NC)SC=C(C)C. The van der Waals surface area contributed by atoms with Gasteiger partial charge < -0.3 is 0 Å². The second kappa shape index (κ2) is 4.68. The van der Waals surface area contributed by atoms with E-state index < -0.39 is 0 Å². The van der Waals surface area contributed by atoms with Crippen LogP contribution in [0.4, 0.5) is 0 Å². The van der Waals surface area contributed by atoms with E-state index in [1.807, 2.05) is 19.3 Å². The van der Waals surface area contributed by atoms with E-state index in [-0.39, 0.29) is 0 Å². The van der Waals surface area contributed by atoms with Crippen LogP contribution in [0.25, 0.3) is 0 Å². The van der Waals surface area contributed by atoms with Gasteiger partial charge >= 0.3 is 0 Å². The van der Waals surface area contributed by atoms with Crippen molar-refractivity contribution in [3.8, 4) is 0 Å². The molecule has 0 fully saturated rings. The average Bonchev–Trinajstić information content (AvgIpc) is 1.83. The predicted octanol–water partition coefficient (Wildman–Crippen LogP) is 1.80. The van der Waals surface area contributed by atoms with Crippen molar-refractivity contribution in [2.24, 2.45) is 4.99 Å². The van der Waals surface area contributed by atoms with Crippen LogP contribution < -0.4 is 0 Å². The Morgan fingerprint density at radius 1 is 1.56 bits per heavy atom. The molecule has 9 heavy (non-hydrogen) atoms. The van der Waals surface area contributed by atoms with E-state index in [1.54, 1.807) is 7.05 Å². The van der Waals surface area contributed by atoms with Crippen LogP contribution >= 0.6 is 11.8 Å². The molecule has 0 unspecified atom stereocenters. The van der Waals surface area contributed by atoms with Crippen molar-refractivity contribution in [1.82, 2.24) is 0 Å². The Morgan fingerprint density at radius 3 is 2.44 bits per heavy atom. The van der Waals surface area contributed by atoms with Crippen LogP contribution in [0.5, 0.6) is 0 Å². The van der Waals surface area contributed by atoms with Gasteiger partial charge in [-0.3, -0.25) is 4.99 Å². The van der Waals surface area contributed by atoms with Crippen molar-refractivity contribution < 1.29 is 0 Å². The van der Waals surface area contributed by atoms with Crippen molar-refractivity contribution in [2.45, 2.75) is 13.8 Å². The molecule has 0 amide bonds. The molecule has 0 aliphatic carbocycles. The number of aliphatic imine (C=N–C) groups is 1. The molecule has 2 radical (unpaired) electrons. The average molecular weight is 139 g/mol. The summed E-state index contributed by atoms with van der Waals surface area (Å²) in [4.78, 5) is 4.38. The molecule has 3 heteroatoms. The first-order valence-corrected chi connectivity index (χ1v) is 3.57. The number of allylic oxidation sites excluding steroid dienone is 1. The smallest absolute Gasteiger partial charge is 0.151 e. The molecular formula is C6H10BNS. The summed E-state index contributed by atoms with van der Waals surface area (Å²) in [5.41, 5.74) is 1.24. The zero-order chi connectivity index (χ0) is 7.28. The fourth-order valence-electron chi connectivity index (χ4n) is 0.231. The van der Waals surface area contributed by atoms with Crippen molar-refractivity contribution in [3.05, 3.63) is 11.0 Å². The number of nitrogens with zero attached hydrogens (tertiary/aromatic N) is 1. The van der Waals surface area contributed by atoms with Crippen LogP contribution in [0.1, 0.15) is 13.8 Å². The lowest BCUT2D eigenvalue weighted by atomic mass is 10.2. The molecule has 0 aromatic heterocycles. The first kappa shape index (κ1) is 8.82. The number of hydrogen-bond acceptors (Lipinski definition) is 2. The van der Waals surface area contributed by atoms with E-state index in [2.05, 4.69) is 4.99 Å². The molecule has 0 heterocycles. The lowest BCUT2D eigenvalue weighted by molar-refractivity contribution is 1.42. The van der Waals surface area contributed by atoms with E-state index >= 15 is 0 Å². The van der Waals surface area contributed by atoms with E-state index in [0.29, 0.717) is 4.94 Å². The Labute approximate surface area is 62.0 Å². The molecule has 48 valence electrons.